The predicted octanol–water partition coefficient (Wildman–Crippen LogP) is 5.88. The average molecular weight is 520 g/mol. The third-order valence-electron chi connectivity index (χ3n) is 8.52. The van der Waals surface area contributed by atoms with E-state index in [1.54, 1.807) is 6.07 Å². The van der Waals surface area contributed by atoms with E-state index in [9.17, 15) is 18.4 Å². The molecule has 5 nitrogen and oxygen atoms in total. The fourth-order valence-corrected chi connectivity index (χ4v) is 6.31. The number of hydrogen-bond acceptors (Lipinski definition) is 3. The lowest BCUT2D eigenvalue weighted by Crippen LogP contribution is -2.56. The van der Waals surface area contributed by atoms with Crippen LogP contribution in [0.15, 0.2) is 18.2 Å². The minimum absolute atomic E-state index is 0.194. The molecule has 3 aliphatic rings. The molecule has 1 N–H and O–H groups in total. The SMILES string of the molecule is CC(C)(C)NC(=O)C1(C2CCCCC2)CCN(C=O)CC1.CC(C)N1CC[C@H](c2ccc(F)cc2F)C1. The molecule has 0 aromatic heterocycles. The van der Waals surface area contributed by atoms with E-state index in [1.807, 2.05) is 25.7 Å². The summed E-state index contributed by atoms with van der Waals surface area (Å²) in [7, 11) is 0. The summed E-state index contributed by atoms with van der Waals surface area (Å²) >= 11 is 0. The van der Waals surface area contributed by atoms with Gasteiger partial charge in [0.2, 0.25) is 12.3 Å². The second-order valence-electron chi connectivity index (χ2n) is 12.6. The first-order valence-electron chi connectivity index (χ1n) is 14.2. The van der Waals surface area contributed by atoms with Crippen molar-refractivity contribution in [2.45, 2.75) is 103 Å². The molecule has 0 radical (unpaired) electrons. The Balaban J connectivity index is 0.000000213. The van der Waals surface area contributed by atoms with Crippen LogP contribution in [0.1, 0.15) is 97.5 Å². The number of rotatable bonds is 5. The lowest BCUT2D eigenvalue weighted by Gasteiger charge is -2.47. The summed E-state index contributed by atoms with van der Waals surface area (Å²) in [4.78, 5) is 28.1. The maximum atomic E-state index is 13.6. The first kappa shape index (κ1) is 29.5. The molecule has 208 valence electrons. The zero-order valence-electron chi connectivity index (χ0n) is 23.5. The molecule has 1 aliphatic carbocycles. The van der Waals surface area contributed by atoms with Crippen LogP contribution in [0.25, 0.3) is 0 Å². The highest BCUT2D eigenvalue weighted by Gasteiger charge is 2.48. The van der Waals surface area contributed by atoms with Crippen molar-refractivity contribution in [2.24, 2.45) is 11.3 Å². The van der Waals surface area contributed by atoms with Crippen LogP contribution in [0, 0.1) is 23.0 Å². The quantitative estimate of drug-likeness (QED) is 0.494. The van der Waals surface area contributed by atoms with Gasteiger partial charge in [-0.05, 0) is 90.8 Å². The van der Waals surface area contributed by atoms with Crippen LogP contribution in [0.3, 0.4) is 0 Å². The van der Waals surface area contributed by atoms with Crippen molar-refractivity contribution in [1.29, 1.82) is 0 Å². The van der Waals surface area contributed by atoms with Crippen LogP contribution < -0.4 is 5.32 Å². The van der Waals surface area contributed by atoms with E-state index in [0.717, 1.165) is 57.9 Å². The van der Waals surface area contributed by atoms with E-state index >= 15 is 0 Å². The molecule has 1 aromatic carbocycles. The van der Waals surface area contributed by atoms with Gasteiger partial charge >= 0.3 is 0 Å². The number of piperidine rings is 1. The number of amides is 2. The fourth-order valence-electron chi connectivity index (χ4n) is 6.31. The molecule has 37 heavy (non-hydrogen) atoms. The minimum Gasteiger partial charge on any atom is -0.351 e. The lowest BCUT2D eigenvalue weighted by atomic mass is 9.63. The zero-order valence-corrected chi connectivity index (χ0v) is 23.5. The van der Waals surface area contributed by atoms with Crippen molar-refractivity contribution in [2.75, 3.05) is 26.2 Å². The molecule has 4 rings (SSSR count). The molecule has 3 fully saturated rings. The van der Waals surface area contributed by atoms with E-state index in [1.165, 1.54) is 38.2 Å². The van der Waals surface area contributed by atoms with Gasteiger partial charge in [0.1, 0.15) is 11.6 Å². The van der Waals surface area contributed by atoms with Crippen molar-refractivity contribution < 1.29 is 18.4 Å². The van der Waals surface area contributed by atoms with Gasteiger partial charge in [0.15, 0.2) is 0 Å². The van der Waals surface area contributed by atoms with E-state index < -0.39 is 11.6 Å². The van der Waals surface area contributed by atoms with E-state index in [4.69, 9.17) is 0 Å². The molecule has 1 aromatic rings. The molecule has 2 aliphatic heterocycles. The largest absolute Gasteiger partial charge is 0.351 e. The average Bonchev–Trinajstić information content (AvgIpc) is 3.34. The van der Waals surface area contributed by atoms with Gasteiger partial charge in [-0.3, -0.25) is 9.59 Å². The summed E-state index contributed by atoms with van der Waals surface area (Å²) < 4.78 is 26.4. The second-order valence-corrected chi connectivity index (χ2v) is 12.6. The molecule has 0 unspecified atom stereocenters. The van der Waals surface area contributed by atoms with Gasteiger partial charge in [0, 0.05) is 43.2 Å². The number of likely N-dealkylation sites (tertiary alicyclic amines) is 2. The molecule has 0 spiro atoms. The van der Waals surface area contributed by atoms with E-state index in [2.05, 4.69) is 24.1 Å². The minimum atomic E-state index is -0.500. The molecule has 1 saturated carbocycles. The smallest absolute Gasteiger partial charge is 0.227 e. The maximum Gasteiger partial charge on any atom is 0.227 e. The Bertz CT molecular complexity index is 901. The summed E-state index contributed by atoms with van der Waals surface area (Å²) in [6.07, 6.45) is 9.63. The topological polar surface area (TPSA) is 52.7 Å². The highest BCUT2D eigenvalue weighted by Crippen LogP contribution is 2.46. The van der Waals surface area contributed by atoms with Crippen LogP contribution in [-0.2, 0) is 9.59 Å². The predicted molar refractivity (Wildman–Crippen MR) is 144 cm³/mol. The Labute approximate surface area is 222 Å². The summed E-state index contributed by atoms with van der Waals surface area (Å²) in [6, 6.07) is 4.40. The summed E-state index contributed by atoms with van der Waals surface area (Å²) in [6.45, 7) is 13.7. The number of carbonyl (C=O) groups excluding carboxylic acids is 2. The summed E-state index contributed by atoms with van der Waals surface area (Å²) in [5.74, 6) is 0.00780. The number of benzene rings is 1. The molecular formula is C30H47F2N3O2. The molecule has 2 heterocycles. The third-order valence-corrected chi connectivity index (χ3v) is 8.52. The second kappa shape index (κ2) is 12.7. The van der Waals surface area contributed by atoms with Gasteiger partial charge < -0.3 is 15.1 Å². The normalized spacial score (nSPS) is 22.9. The molecule has 1 atom stereocenters. The molecular weight excluding hydrogens is 472 g/mol. The van der Waals surface area contributed by atoms with Gasteiger partial charge in [0.25, 0.3) is 0 Å². The zero-order chi connectivity index (χ0) is 27.2. The van der Waals surface area contributed by atoms with Crippen molar-refractivity contribution in [3.8, 4) is 0 Å². The van der Waals surface area contributed by atoms with Gasteiger partial charge in [0.05, 0.1) is 5.41 Å². The number of nitrogens with one attached hydrogen (secondary N) is 1. The highest BCUT2D eigenvalue weighted by atomic mass is 19.1. The van der Waals surface area contributed by atoms with E-state index in [-0.39, 0.29) is 22.8 Å². The number of carbonyl (C=O) groups is 2. The van der Waals surface area contributed by atoms with Crippen LogP contribution in [0.4, 0.5) is 8.78 Å². The molecule has 2 saturated heterocycles. The Morgan fingerprint density at radius 3 is 2.22 bits per heavy atom. The van der Waals surface area contributed by atoms with Gasteiger partial charge in [-0.2, -0.15) is 0 Å². The standard InChI is InChI=1S/C17H30N2O2.C13H17F2N/c1-16(2,3)18-15(21)17(14-7-5-4-6-8-14)9-11-19(13-20)12-10-17;1-9(2)16-6-5-10(8-16)12-4-3-11(14)7-13(12)15/h13-14H,4-12H2,1-3H3,(H,18,21);3-4,7,9-10H,5-6,8H2,1-2H3/t;10-/m.0/s1. The maximum absolute atomic E-state index is 13.6. The van der Waals surface area contributed by atoms with Gasteiger partial charge in [-0.25, -0.2) is 8.78 Å². The van der Waals surface area contributed by atoms with Gasteiger partial charge in [-0.1, -0.05) is 25.3 Å². The summed E-state index contributed by atoms with van der Waals surface area (Å²) in [5, 5.41) is 3.21. The van der Waals surface area contributed by atoms with Crippen molar-refractivity contribution in [3.63, 3.8) is 0 Å². The number of halogens is 2. The molecule has 0 bridgehead atoms. The van der Waals surface area contributed by atoms with Crippen LogP contribution >= 0.6 is 0 Å². The monoisotopic (exact) mass is 519 g/mol. The lowest BCUT2D eigenvalue weighted by molar-refractivity contribution is -0.143. The van der Waals surface area contributed by atoms with Crippen LogP contribution in [-0.4, -0.2) is 59.9 Å². The Kier molecular flexibility index (Phi) is 10.1. The fraction of sp³-hybridized carbons (Fsp3) is 0.733. The molecule has 2 amide bonds. The first-order valence-corrected chi connectivity index (χ1v) is 14.2. The highest BCUT2D eigenvalue weighted by molar-refractivity contribution is 5.84. The number of nitrogens with zero attached hydrogens (tertiary/aromatic N) is 2. The summed E-state index contributed by atoms with van der Waals surface area (Å²) in [5.41, 5.74) is 0.206. The van der Waals surface area contributed by atoms with Crippen molar-refractivity contribution in [1.82, 2.24) is 15.1 Å². The van der Waals surface area contributed by atoms with Gasteiger partial charge in [-0.15, -0.1) is 0 Å². The van der Waals surface area contributed by atoms with E-state index in [0.29, 0.717) is 17.5 Å². The number of hydrogen-bond donors (Lipinski definition) is 1. The van der Waals surface area contributed by atoms with Crippen molar-refractivity contribution in [3.05, 3.63) is 35.4 Å². The Hall–Kier alpha value is -2.02. The third kappa shape index (κ3) is 7.75. The van der Waals surface area contributed by atoms with Crippen LogP contribution in [0.5, 0.6) is 0 Å². The van der Waals surface area contributed by atoms with Crippen LogP contribution in [0.2, 0.25) is 0 Å². The molecule has 7 heteroatoms. The Morgan fingerprint density at radius 2 is 1.70 bits per heavy atom. The Morgan fingerprint density at radius 1 is 1.05 bits per heavy atom. The first-order chi connectivity index (χ1) is 17.4. The van der Waals surface area contributed by atoms with Crippen molar-refractivity contribution >= 4 is 12.3 Å².